The van der Waals surface area contributed by atoms with Gasteiger partial charge in [0.1, 0.15) is 0 Å². The van der Waals surface area contributed by atoms with Gasteiger partial charge >= 0.3 is 0 Å². The Bertz CT molecular complexity index is 664. The van der Waals surface area contributed by atoms with E-state index >= 15 is 0 Å². The standard InChI is InChI=1S/C18H21N3O2/c1-23-17-13-14(9-10-19-17)18(22)20-15-5-7-16(8-6-15)21-11-3-2-4-12-21/h5-10,13H,2-4,11-12H2,1H3,(H,20,22). The van der Waals surface area contributed by atoms with Crippen molar-refractivity contribution in [3.63, 3.8) is 0 Å². The van der Waals surface area contributed by atoms with Crippen molar-refractivity contribution in [2.45, 2.75) is 19.3 Å². The van der Waals surface area contributed by atoms with Gasteiger partial charge in [-0.1, -0.05) is 0 Å². The Morgan fingerprint density at radius 3 is 2.57 bits per heavy atom. The molecule has 1 amide bonds. The van der Waals surface area contributed by atoms with Crippen molar-refractivity contribution in [3.05, 3.63) is 48.2 Å². The van der Waals surface area contributed by atoms with Crippen molar-refractivity contribution in [1.82, 2.24) is 4.98 Å². The molecule has 120 valence electrons. The summed E-state index contributed by atoms with van der Waals surface area (Å²) in [6, 6.07) is 11.3. The third-order valence-corrected chi connectivity index (χ3v) is 4.05. The first-order valence-corrected chi connectivity index (χ1v) is 7.93. The lowest BCUT2D eigenvalue weighted by atomic mass is 10.1. The molecule has 0 atom stereocenters. The fourth-order valence-corrected chi connectivity index (χ4v) is 2.77. The maximum atomic E-state index is 12.3. The quantitative estimate of drug-likeness (QED) is 0.941. The molecule has 1 N–H and O–H groups in total. The number of methoxy groups -OCH3 is 1. The predicted octanol–water partition coefficient (Wildman–Crippen LogP) is 3.33. The number of pyridine rings is 1. The molecule has 5 heteroatoms. The van der Waals surface area contributed by atoms with Crippen LogP contribution in [0.2, 0.25) is 0 Å². The van der Waals surface area contributed by atoms with Crippen molar-refractivity contribution in [2.75, 3.05) is 30.4 Å². The lowest BCUT2D eigenvalue weighted by Gasteiger charge is -2.28. The zero-order chi connectivity index (χ0) is 16.1. The normalized spacial score (nSPS) is 14.4. The van der Waals surface area contributed by atoms with Crippen LogP contribution in [-0.2, 0) is 0 Å². The molecule has 1 fully saturated rings. The van der Waals surface area contributed by atoms with Crippen LogP contribution in [-0.4, -0.2) is 31.1 Å². The highest BCUT2D eigenvalue weighted by Crippen LogP contribution is 2.22. The summed E-state index contributed by atoms with van der Waals surface area (Å²) in [5.74, 6) is 0.259. The number of ether oxygens (including phenoxy) is 1. The van der Waals surface area contributed by atoms with E-state index in [4.69, 9.17) is 4.74 Å². The van der Waals surface area contributed by atoms with Gasteiger partial charge in [-0.25, -0.2) is 4.98 Å². The molecule has 2 aromatic rings. The van der Waals surface area contributed by atoms with Crippen LogP contribution in [0.3, 0.4) is 0 Å². The van der Waals surface area contributed by atoms with E-state index in [1.54, 1.807) is 18.3 Å². The van der Waals surface area contributed by atoms with Crippen LogP contribution in [0, 0.1) is 0 Å². The highest BCUT2D eigenvalue weighted by Gasteiger charge is 2.11. The summed E-state index contributed by atoms with van der Waals surface area (Å²) < 4.78 is 5.04. The third kappa shape index (κ3) is 3.80. The average molecular weight is 311 g/mol. The molecule has 0 radical (unpaired) electrons. The topological polar surface area (TPSA) is 54.5 Å². The van der Waals surface area contributed by atoms with Gasteiger partial charge < -0.3 is 15.0 Å². The summed E-state index contributed by atoms with van der Waals surface area (Å²) >= 11 is 0. The second kappa shape index (κ2) is 7.13. The van der Waals surface area contributed by atoms with Crippen LogP contribution in [0.5, 0.6) is 5.88 Å². The number of carbonyl (C=O) groups is 1. The minimum Gasteiger partial charge on any atom is -0.481 e. The minimum atomic E-state index is -0.170. The highest BCUT2D eigenvalue weighted by atomic mass is 16.5. The van der Waals surface area contributed by atoms with Gasteiger partial charge in [0.25, 0.3) is 5.91 Å². The minimum absolute atomic E-state index is 0.170. The first-order chi connectivity index (χ1) is 11.3. The summed E-state index contributed by atoms with van der Waals surface area (Å²) in [4.78, 5) is 18.7. The number of anilines is 2. The maximum Gasteiger partial charge on any atom is 0.255 e. The Kier molecular flexibility index (Phi) is 4.76. The van der Waals surface area contributed by atoms with E-state index in [1.165, 1.54) is 32.1 Å². The number of nitrogens with zero attached hydrogens (tertiary/aromatic N) is 2. The Morgan fingerprint density at radius 2 is 1.87 bits per heavy atom. The van der Waals surface area contributed by atoms with Gasteiger partial charge in [0.15, 0.2) is 0 Å². The molecule has 0 spiro atoms. The highest BCUT2D eigenvalue weighted by molar-refractivity contribution is 6.04. The summed E-state index contributed by atoms with van der Waals surface area (Å²) in [6.45, 7) is 2.23. The van der Waals surface area contributed by atoms with Crippen LogP contribution in [0.4, 0.5) is 11.4 Å². The molecule has 1 aromatic carbocycles. The summed E-state index contributed by atoms with van der Waals surface area (Å²) in [7, 11) is 1.53. The van der Waals surface area contributed by atoms with E-state index in [0.29, 0.717) is 11.4 Å². The summed E-state index contributed by atoms with van der Waals surface area (Å²) in [5, 5.41) is 2.90. The number of rotatable bonds is 4. The van der Waals surface area contributed by atoms with E-state index in [1.807, 2.05) is 12.1 Å². The van der Waals surface area contributed by atoms with Gasteiger partial charge in [0, 0.05) is 42.3 Å². The van der Waals surface area contributed by atoms with Crippen LogP contribution in [0.1, 0.15) is 29.6 Å². The smallest absolute Gasteiger partial charge is 0.255 e. The van der Waals surface area contributed by atoms with Gasteiger partial charge in [-0.2, -0.15) is 0 Å². The Balaban J connectivity index is 1.66. The second-order valence-electron chi connectivity index (χ2n) is 5.64. The lowest BCUT2D eigenvalue weighted by Crippen LogP contribution is -2.29. The van der Waals surface area contributed by atoms with Crippen molar-refractivity contribution < 1.29 is 9.53 Å². The molecule has 5 nitrogen and oxygen atoms in total. The van der Waals surface area contributed by atoms with E-state index in [9.17, 15) is 4.79 Å². The third-order valence-electron chi connectivity index (χ3n) is 4.05. The van der Waals surface area contributed by atoms with Crippen molar-refractivity contribution in [2.24, 2.45) is 0 Å². The molecule has 1 aliphatic rings. The molecule has 0 aliphatic carbocycles. The zero-order valence-electron chi connectivity index (χ0n) is 13.3. The summed E-state index contributed by atoms with van der Waals surface area (Å²) in [6.07, 6.45) is 5.39. The molecule has 3 rings (SSSR count). The van der Waals surface area contributed by atoms with Gasteiger partial charge in [-0.3, -0.25) is 4.79 Å². The number of aromatic nitrogens is 1. The molecule has 0 saturated carbocycles. The fourth-order valence-electron chi connectivity index (χ4n) is 2.77. The predicted molar refractivity (Wildman–Crippen MR) is 91.2 cm³/mol. The number of benzene rings is 1. The molecular weight excluding hydrogens is 290 g/mol. The largest absolute Gasteiger partial charge is 0.481 e. The number of hydrogen-bond donors (Lipinski definition) is 1. The number of hydrogen-bond acceptors (Lipinski definition) is 4. The first-order valence-electron chi connectivity index (χ1n) is 7.93. The number of piperidine rings is 1. The fraction of sp³-hybridized carbons (Fsp3) is 0.333. The molecule has 1 saturated heterocycles. The van der Waals surface area contributed by atoms with Crippen LogP contribution in [0.15, 0.2) is 42.6 Å². The van der Waals surface area contributed by atoms with Crippen molar-refractivity contribution >= 4 is 17.3 Å². The molecule has 1 aliphatic heterocycles. The number of amides is 1. The average Bonchev–Trinajstić information content (AvgIpc) is 2.63. The Morgan fingerprint density at radius 1 is 1.13 bits per heavy atom. The molecule has 2 heterocycles. The van der Waals surface area contributed by atoms with E-state index < -0.39 is 0 Å². The van der Waals surface area contributed by atoms with Gasteiger partial charge in [-0.05, 0) is 49.6 Å². The zero-order valence-corrected chi connectivity index (χ0v) is 13.3. The molecule has 1 aromatic heterocycles. The summed E-state index contributed by atoms with van der Waals surface area (Å²) in [5.41, 5.74) is 2.52. The van der Waals surface area contributed by atoms with Crippen LogP contribution in [0.25, 0.3) is 0 Å². The Hall–Kier alpha value is -2.56. The first kappa shape index (κ1) is 15.3. The van der Waals surface area contributed by atoms with E-state index in [0.717, 1.165) is 18.8 Å². The SMILES string of the molecule is COc1cc(C(=O)Nc2ccc(N3CCCCC3)cc2)ccn1. The van der Waals surface area contributed by atoms with Gasteiger partial charge in [-0.15, -0.1) is 0 Å². The molecule has 0 unspecified atom stereocenters. The number of carbonyl (C=O) groups excluding carboxylic acids is 1. The monoisotopic (exact) mass is 311 g/mol. The maximum absolute atomic E-state index is 12.3. The van der Waals surface area contributed by atoms with Crippen LogP contribution < -0.4 is 15.0 Å². The second-order valence-corrected chi connectivity index (χ2v) is 5.64. The molecule has 23 heavy (non-hydrogen) atoms. The van der Waals surface area contributed by atoms with Crippen LogP contribution >= 0.6 is 0 Å². The molecule has 0 bridgehead atoms. The Labute approximate surface area is 136 Å². The lowest BCUT2D eigenvalue weighted by molar-refractivity contribution is 0.102. The van der Waals surface area contributed by atoms with Crippen molar-refractivity contribution in [3.8, 4) is 5.88 Å². The van der Waals surface area contributed by atoms with Gasteiger partial charge in [0.05, 0.1) is 7.11 Å². The number of nitrogens with one attached hydrogen (secondary N) is 1. The molecular formula is C18H21N3O2. The van der Waals surface area contributed by atoms with E-state index in [-0.39, 0.29) is 5.91 Å². The van der Waals surface area contributed by atoms with Crippen molar-refractivity contribution in [1.29, 1.82) is 0 Å². The van der Waals surface area contributed by atoms with Gasteiger partial charge in [0.2, 0.25) is 5.88 Å². The van der Waals surface area contributed by atoms with E-state index in [2.05, 4.69) is 27.3 Å².